The molecule has 0 saturated carbocycles. The molecule has 27 heavy (non-hydrogen) atoms. The first-order valence-corrected chi connectivity index (χ1v) is 10.4. The minimum Gasteiger partial charge on any atom is -0.490 e. The number of amides is 1. The van der Waals surface area contributed by atoms with Crippen LogP contribution < -0.4 is 4.74 Å². The van der Waals surface area contributed by atoms with E-state index in [0.29, 0.717) is 25.9 Å². The molecule has 0 aliphatic carbocycles. The van der Waals surface area contributed by atoms with Gasteiger partial charge < -0.3 is 9.47 Å². The van der Waals surface area contributed by atoms with Gasteiger partial charge in [0.25, 0.3) is 5.91 Å². The molecule has 3 rings (SSSR count). The highest BCUT2D eigenvalue weighted by Gasteiger charge is 2.45. The molecule has 2 N–H and O–H groups in total. The van der Waals surface area contributed by atoms with Gasteiger partial charge in [-0.3, -0.25) is 15.2 Å². The summed E-state index contributed by atoms with van der Waals surface area (Å²) in [5.41, 5.74) is 0. The number of sulfonamides is 1. The molecule has 2 saturated heterocycles. The van der Waals surface area contributed by atoms with E-state index in [2.05, 4.69) is 0 Å². The van der Waals surface area contributed by atoms with Crippen LogP contribution in [0, 0.1) is 5.92 Å². The van der Waals surface area contributed by atoms with Gasteiger partial charge in [-0.25, -0.2) is 12.7 Å². The first kappa shape index (κ1) is 20.0. The van der Waals surface area contributed by atoms with Crippen molar-refractivity contribution in [2.75, 3.05) is 26.3 Å². The number of benzene rings is 1. The van der Waals surface area contributed by atoms with Gasteiger partial charge in [-0.15, -0.1) is 0 Å². The van der Waals surface area contributed by atoms with Crippen molar-refractivity contribution in [2.24, 2.45) is 5.92 Å². The van der Waals surface area contributed by atoms with Gasteiger partial charge in [-0.1, -0.05) is 23.4 Å². The molecule has 2 aliphatic rings. The number of nitrogens with zero attached hydrogens (tertiary/aromatic N) is 2. The summed E-state index contributed by atoms with van der Waals surface area (Å²) in [5.74, 6) is -1.47. The number of para-hydroxylation sites is 1. The van der Waals surface area contributed by atoms with E-state index < -0.39 is 32.3 Å². The van der Waals surface area contributed by atoms with Crippen molar-refractivity contribution in [3.05, 3.63) is 30.3 Å². The SMILES string of the molecule is O=C(C1COCCC1S(=O)(=O)N1CCC(Oc2ccccc2)CC1)N(O)O. The summed E-state index contributed by atoms with van der Waals surface area (Å²) >= 11 is 0. The zero-order valence-corrected chi connectivity index (χ0v) is 15.6. The molecule has 0 aromatic heterocycles. The lowest BCUT2D eigenvalue weighted by Crippen LogP contribution is -2.53. The molecule has 1 aromatic rings. The van der Waals surface area contributed by atoms with Crippen LogP contribution in [0.2, 0.25) is 0 Å². The van der Waals surface area contributed by atoms with E-state index in [1.54, 1.807) is 0 Å². The van der Waals surface area contributed by atoms with E-state index in [1.165, 1.54) is 4.31 Å². The van der Waals surface area contributed by atoms with Crippen LogP contribution in [-0.4, -0.2) is 71.9 Å². The average molecular weight is 400 g/mol. The Morgan fingerprint density at radius 2 is 1.81 bits per heavy atom. The van der Waals surface area contributed by atoms with Gasteiger partial charge >= 0.3 is 0 Å². The third kappa shape index (κ3) is 4.58. The van der Waals surface area contributed by atoms with Crippen LogP contribution in [0.15, 0.2) is 30.3 Å². The zero-order valence-electron chi connectivity index (χ0n) is 14.8. The van der Waals surface area contributed by atoms with Gasteiger partial charge in [0.2, 0.25) is 10.0 Å². The molecule has 10 heteroatoms. The van der Waals surface area contributed by atoms with Crippen LogP contribution in [0.3, 0.4) is 0 Å². The second-order valence-electron chi connectivity index (χ2n) is 6.71. The predicted octanol–water partition coefficient (Wildman–Crippen LogP) is 0.872. The molecular formula is C17H24N2O7S. The van der Waals surface area contributed by atoms with E-state index in [-0.39, 0.29) is 25.7 Å². The normalized spacial score (nSPS) is 25.1. The summed E-state index contributed by atoms with van der Waals surface area (Å²) in [7, 11) is -3.78. The van der Waals surface area contributed by atoms with Crippen molar-refractivity contribution in [3.8, 4) is 5.75 Å². The number of rotatable bonds is 5. The monoisotopic (exact) mass is 400 g/mol. The Balaban J connectivity index is 1.64. The van der Waals surface area contributed by atoms with E-state index in [9.17, 15) is 13.2 Å². The molecule has 2 aliphatic heterocycles. The van der Waals surface area contributed by atoms with Crippen molar-refractivity contribution in [2.45, 2.75) is 30.6 Å². The summed E-state index contributed by atoms with van der Waals surface area (Å²) in [5, 5.41) is 16.4. The average Bonchev–Trinajstić information content (AvgIpc) is 2.68. The Bertz CT molecular complexity index is 733. The van der Waals surface area contributed by atoms with Gasteiger partial charge in [0.1, 0.15) is 11.9 Å². The molecule has 2 atom stereocenters. The topological polar surface area (TPSA) is 117 Å². The van der Waals surface area contributed by atoms with Crippen LogP contribution in [0.5, 0.6) is 5.75 Å². The minimum absolute atomic E-state index is 0.0728. The lowest BCUT2D eigenvalue weighted by Gasteiger charge is -2.37. The van der Waals surface area contributed by atoms with Crippen molar-refractivity contribution >= 4 is 15.9 Å². The van der Waals surface area contributed by atoms with E-state index >= 15 is 0 Å². The quantitative estimate of drug-likeness (QED) is 0.556. The van der Waals surface area contributed by atoms with E-state index in [4.69, 9.17) is 19.9 Å². The van der Waals surface area contributed by atoms with Crippen LogP contribution in [-0.2, 0) is 19.6 Å². The first-order valence-electron chi connectivity index (χ1n) is 8.89. The van der Waals surface area contributed by atoms with Crippen molar-refractivity contribution in [3.63, 3.8) is 0 Å². The molecule has 2 unspecified atom stereocenters. The Kier molecular flexibility index (Phi) is 6.33. The molecule has 150 valence electrons. The number of carbonyl (C=O) groups excluding carboxylic acids is 1. The lowest BCUT2D eigenvalue weighted by molar-refractivity contribution is -0.289. The molecule has 0 spiro atoms. The summed E-state index contributed by atoms with van der Waals surface area (Å²) < 4.78 is 38.5. The number of carbonyl (C=O) groups is 1. The Morgan fingerprint density at radius 3 is 2.44 bits per heavy atom. The number of hydrogen-bond donors (Lipinski definition) is 2. The Hall–Kier alpha value is -1.72. The molecule has 2 heterocycles. The summed E-state index contributed by atoms with van der Waals surface area (Å²) in [6.45, 7) is 0.631. The molecule has 1 aromatic carbocycles. The summed E-state index contributed by atoms with van der Waals surface area (Å²) in [6, 6.07) is 9.37. The fourth-order valence-corrected chi connectivity index (χ4v) is 5.65. The van der Waals surface area contributed by atoms with E-state index in [1.807, 2.05) is 30.3 Å². The standard InChI is InChI=1S/C17H24N2O7S/c20-17(19(21)22)15-12-25-11-8-16(15)27(23,24)18-9-6-14(7-10-18)26-13-4-2-1-3-5-13/h1-5,14-16,21-22H,6-12H2. The smallest absolute Gasteiger partial charge is 0.279 e. The highest BCUT2D eigenvalue weighted by molar-refractivity contribution is 7.89. The van der Waals surface area contributed by atoms with Gasteiger partial charge in [0, 0.05) is 19.7 Å². The fourth-order valence-electron chi connectivity index (χ4n) is 3.54. The van der Waals surface area contributed by atoms with Crippen LogP contribution in [0.4, 0.5) is 0 Å². The molecule has 1 amide bonds. The van der Waals surface area contributed by atoms with Gasteiger partial charge in [0.15, 0.2) is 0 Å². The number of ether oxygens (including phenoxy) is 2. The minimum atomic E-state index is -3.78. The molecule has 2 fully saturated rings. The highest BCUT2D eigenvalue weighted by atomic mass is 32.2. The maximum Gasteiger partial charge on any atom is 0.279 e. The van der Waals surface area contributed by atoms with E-state index in [0.717, 1.165) is 5.75 Å². The predicted molar refractivity (Wildman–Crippen MR) is 93.7 cm³/mol. The fraction of sp³-hybridized carbons (Fsp3) is 0.588. The summed E-state index contributed by atoms with van der Waals surface area (Å²) in [6.07, 6.45) is 1.15. The molecule has 0 radical (unpaired) electrons. The van der Waals surface area contributed by atoms with Gasteiger partial charge in [0.05, 0.1) is 17.8 Å². The number of piperidine rings is 1. The van der Waals surface area contributed by atoms with Gasteiger partial charge in [-0.2, -0.15) is 0 Å². The third-order valence-corrected chi connectivity index (χ3v) is 7.41. The molecular weight excluding hydrogens is 376 g/mol. The van der Waals surface area contributed by atoms with Crippen LogP contribution >= 0.6 is 0 Å². The van der Waals surface area contributed by atoms with Crippen molar-refractivity contribution in [1.29, 1.82) is 0 Å². The van der Waals surface area contributed by atoms with Crippen molar-refractivity contribution in [1.82, 2.24) is 9.53 Å². The number of hydroxylamine groups is 2. The summed E-state index contributed by atoms with van der Waals surface area (Å²) in [4.78, 5) is 11.9. The Labute approximate surface area is 158 Å². The van der Waals surface area contributed by atoms with Crippen molar-refractivity contribution < 1.29 is 33.1 Å². The highest BCUT2D eigenvalue weighted by Crippen LogP contribution is 2.29. The second kappa shape index (κ2) is 8.53. The first-order chi connectivity index (χ1) is 12.9. The zero-order chi connectivity index (χ0) is 19.4. The van der Waals surface area contributed by atoms with Crippen LogP contribution in [0.25, 0.3) is 0 Å². The maximum absolute atomic E-state index is 13.0. The molecule has 9 nitrogen and oxygen atoms in total. The Morgan fingerprint density at radius 1 is 1.15 bits per heavy atom. The third-order valence-electron chi connectivity index (χ3n) is 5.00. The second-order valence-corrected chi connectivity index (χ2v) is 8.86. The largest absolute Gasteiger partial charge is 0.490 e. The van der Waals surface area contributed by atoms with Gasteiger partial charge in [-0.05, 0) is 31.4 Å². The maximum atomic E-state index is 13.0. The van der Waals surface area contributed by atoms with Crippen LogP contribution in [0.1, 0.15) is 19.3 Å². The number of hydrogen-bond acceptors (Lipinski definition) is 7. The lowest BCUT2D eigenvalue weighted by atomic mass is 10.0. The molecule has 0 bridgehead atoms.